The zero-order valence-corrected chi connectivity index (χ0v) is 13.5. The van der Waals surface area contributed by atoms with Gasteiger partial charge in [0, 0.05) is 26.2 Å². The lowest BCUT2D eigenvalue weighted by Gasteiger charge is -2.31. The first kappa shape index (κ1) is 17.3. The van der Waals surface area contributed by atoms with Crippen LogP contribution in [0.5, 0.6) is 0 Å². The standard InChI is InChI=1S/C15H19N3O4S/c1-2-10-18(23(20,21)17-11-8-16-9-12-17)15(19)22-13-14-6-4-3-5-7-14/h1,3-7,16H,8-13H2. The molecule has 7 nitrogen and oxygen atoms in total. The average molecular weight is 337 g/mol. The number of hydrogen-bond acceptors (Lipinski definition) is 5. The quantitative estimate of drug-likeness (QED) is 0.787. The smallest absolute Gasteiger partial charge is 0.425 e. The first-order chi connectivity index (χ1) is 11.1. The summed E-state index contributed by atoms with van der Waals surface area (Å²) < 4.78 is 32.0. The van der Waals surface area contributed by atoms with Gasteiger partial charge in [0.15, 0.2) is 0 Å². The summed E-state index contributed by atoms with van der Waals surface area (Å²) >= 11 is 0. The number of nitrogens with one attached hydrogen (secondary N) is 1. The maximum absolute atomic E-state index is 12.6. The summed E-state index contributed by atoms with van der Waals surface area (Å²) in [4.78, 5) is 12.2. The Bertz CT molecular complexity index is 664. The number of nitrogens with zero attached hydrogens (tertiary/aromatic N) is 2. The van der Waals surface area contributed by atoms with Gasteiger partial charge in [0.1, 0.15) is 13.2 Å². The highest BCUT2D eigenvalue weighted by Gasteiger charge is 2.34. The molecule has 0 aromatic heterocycles. The molecule has 8 heteroatoms. The van der Waals surface area contributed by atoms with Crippen molar-refractivity contribution in [1.29, 1.82) is 0 Å². The Morgan fingerprint density at radius 3 is 2.57 bits per heavy atom. The van der Waals surface area contributed by atoms with E-state index in [1.54, 1.807) is 24.3 Å². The number of hydrogen-bond donors (Lipinski definition) is 1. The molecule has 0 atom stereocenters. The normalized spacial score (nSPS) is 15.6. The lowest BCUT2D eigenvalue weighted by atomic mass is 10.2. The molecule has 0 aliphatic carbocycles. The zero-order chi connectivity index (χ0) is 16.7. The second-order valence-corrected chi connectivity index (χ2v) is 6.76. The van der Waals surface area contributed by atoms with Crippen molar-refractivity contribution >= 4 is 16.3 Å². The van der Waals surface area contributed by atoms with Gasteiger partial charge < -0.3 is 10.1 Å². The van der Waals surface area contributed by atoms with Gasteiger partial charge in [0.05, 0.1) is 0 Å². The molecule has 1 fully saturated rings. The van der Waals surface area contributed by atoms with Crippen LogP contribution in [0.3, 0.4) is 0 Å². The van der Waals surface area contributed by atoms with E-state index in [4.69, 9.17) is 11.2 Å². The Labute approximate surface area is 136 Å². The summed E-state index contributed by atoms with van der Waals surface area (Å²) in [5.74, 6) is 2.20. The zero-order valence-electron chi connectivity index (χ0n) is 12.6. The van der Waals surface area contributed by atoms with E-state index in [0.717, 1.165) is 5.56 Å². The van der Waals surface area contributed by atoms with Crippen LogP contribution < -0.4 is 5.32 Å². The molecular formula is C15H19N3O4S. The molecule has 1 amide bonds. The van der Waals surface area contributed by atoms with Gasteiger partial charge in [-0.2, -0.15) is 17.0 Å². The van der Waals surface area contributed by atoms with Gasteiger partial charge in [-0.1, -0.05) is 36.3 Å². The van der Waals surface area contributed by atoms with Crippen LogP contribution in [-0.2, 0) is 21.6 Å². The fraction of sp³-hybridized carbons (Fsp3) is 0.400. The molecule has 0 saturated carbocycles. The number of piperazine rings is 1. The number of carbonyl (C=O) groups is 1. The van der Waals surface area contributed by atoms with Gasteiger partial charge in [0.25, 0.3) is 0 Å². The van der Waals surface area contributed by atoms with Crippen molar-refractivity contribution in [2.75, 3.05) is 32.7 Å². The van der Waals surface area contributed by atoms with E-state index >= 15 is 0 Å². The van der Waals surface area contributed by atoms with Crippen LogP contribution in [-0.4, -0.2) is 55.8 Å². The van der Waals surface area contributed by atoms with Crippen molar-refractivity contribution in [2.24, 2.45) is 0 Å². The van der Waals surface area contributed by atoms with Crippen molar-refractivity contribution in [3.05, 3.63) is 35.9 Å². The average Bonchev–Trinajstić information content (AvgIpc) is 2.59. The minimum Gasteiger partial charge on any atom is -0.444 e. The molecule has 0 unspecified atom stereocenters. The van der Waals surface area contributed by atoms with Crippen LogP contribution in [0.15, 0.2) is 30.3 Å². The summed E-state index contributed by atoms with van der Waals surface area (Å²) in [6.45, 7) is 1.26. The van der Waals surface area contributed by atoms with E-state index in [0.29, 0.717) is 17.4 Å². The Balaban J connectivity index is 2.07. The van der Waals surface area contributed by atoms with Crippen molar-refractivity contribution in [1.82, 2.24) is 13.9 Å². The first-order valence-electron chi connectivity index (χ1n) is 7.18. The van der Waals surface area contributed by atoms with Crippen molar-refractivity contribution in [3.63, 3.8) is 0 Å². The van der Waals surface area contributed by atoms with Crippen LogP contribution in [0, 0.1) is 12.3 Å². The van der Waals surface area contributed by atoms with Crippen molar-refractivity contribution in [3.8, 4) is 12.3 Å². The third kappa shape index (κ3) is 4.45. The van der Waals surface area contributed by atoms with E-state index in [1.807, 2.05) is 6.07 Å². The number of terminal acetylenes is 1. The van der Waals surface area contributed by atoms with Gasteiger partial charge in [-0.15, -0.1) is 6.42 Å². The fourth-order valence-electron chi connectivity index (χ4n) is 2.13. The maximum atomic E-state index is 12.6. The van der Waals surface area contributed by atoms with Crippen LogP contribution in [0.1, 0.15) is 5.56 Å². The van der Waals surface area contributed by atoms with Gasteiger partial charge >= 0.3 is 16.3 Å². The molecule has 1 aliphatic heterocycles. The van der Waals surface area contributed by atoms with E-state index < -0.39 is 16.3 Å². The van der Waals surface area contributed by atoms with Crippen LogP contribution in [0.2, 0.25) is 0 Å². The Morgan fingerprint density at radius 2 is 1.96 bits per heavy atom. The lowest BCUT2D eigenvalue weighted by molar-refractivity contribution is 0.119. The molecule has 1 aliphatic rings. The van der Waals surface area contributed by atoms with Crippen molar-refractivity contribution in [2.45, 2.75) is 6.61 Å². The van der Waals surface area contributed by atoms with Gasteiger partial charge in [-0.05, 0) is 5.56 Å². The Hall–Kier alpha value is -2.08. The lowest BCUT2D eigenvalue weighted by Crippen LogP contribution is -2.53. The summed E-state index contributed by atoms with van der Waals surface area (Å²) in [6, 6.07) is 9.01. The number of benzene rings is 1. The number of carbonyl (C=O) groups excluding carboxylic acids is 1. The largest absolute Gasteiger partial charge is 0.444 e. The molecule has 1 saturated heterocycles. The molecular weight excluding hydrogens is 318 g/mol. The second-order valence-electron chi connectivity index (χ2n) is 4.91. The fourth-order valence-corrected chi connectivity index (χ4v) is 3.53. The Morgan fingerprint density at radius 1 is 1.30 bits per heavy atom. The predicted octanol–water partition coefficient (Wildman–Crippen LogP) is 0.408. The van der Waals surface area contributed by atoms with E-state index in [1.165, 1.54) is 4.31 Å². The number of ether oxygens (including phenoxy) is 1. The minimum atomic E-state index is -3.98. The molecule has 1 heterocycles. The SMILES string of the molecule is C#CCN(C(=O)OCc1ccccc1)S(=O)(=O)N1CCNCC1. The Kier molecular flexibility index (Phi) is 5.98. The monoisotopic (exact) mass is 337 g/mol. The molecule has 124 valence electrons. The minimum absolute atomic E-state index is 0.0161. The summed E-state index contributed by atoms with van der Waals surface area (Å²) in [6.07, 6.45) is 4.24. The predicted molar refractivity (Wildman–Crippen MR) is 85.5 cm³/mol. The molecule has 2 rings (SSSR count). The highest BCUT2D eigenvalue weighted by molar-refractivity contribution is 7.87. The molecule has 1 N–H and O–H groups in total. The summed E-state index contributed by atoms with van der Waals surface area (Å²) in [5, 5.41) is 3.05. The maximum Gasteiger partial charge on any atom is 0.425 e. The summed E-state index contributed by atoms with van der Waals surface area (Å²) in [7, 11) is -3.98. The van der Waals surface area contributed by atoms with Gasteiger partial charge in [0.2, 0.25) is 0 Å². The molecule has 1 aromatic rings. The molecule has 23 heavy (non-hydrogen) atoms. The highest BCUT2D eigenvalue weighted by atomic mass is 32.2. The van der Waals surface area contributed by atoms with E-state index in [2.05, 4.69) is 11.2 Å². The van der Waals surface area contributed by atoms with Gasteiger partial charge in [-0.3, -0.25) is 0 Å². The summed E-state index contributed by atoms with van der Waals surface area (Å²) in [5.41, 5.74) is 0.765. The van der Waals surface area contributed by atoms with Crippen molar-refractivity contribution < 1.29 is 17.9 Å². The second kappa shape index (κ2) is 7.97. The molecule has 0 radical (unpaired) electrons. The third-order valence-electron chi connectivity index (χ3n) is 3.32. The van der Waals surface area contributed by atoms with E-state index in [9.17, 15) is 13.2 Å². The van der Waals surface area contributed by atoms with E-state index in [-0.39, 0.29) is 26.2 Å². The van der Waals surface area contributed by atoms with Crippen LogP contribution >= 0.6 is 0 Å². The molecule has 1 aromatic carbocycles. The number of amides is 1. The third-order valence-corrected chi connectivity index (χ3v) is 5.18. The highest BCUT2D eigenvalue weighted by Crippen LogP contribution is 2.12. The molecule has 0 bridgehead atoms. The van der Waals surface area contributed by atoms with Gasteiger partial charge in [-0.25, -0.2) is 4.79 Å². The first-order valence-corrected chi connectivity index (χ1v) is 8.58. The topological polar surface area (TPSA) is 79.0 Å². The number of rotatable bonds is 5. The molecule has 0 spiro atoms. The van der Waals surface area contributed by atoms with Crippen LogP contribution in [0.25, 0.3) is 0 Å². The van der Waals surface area contributed by atoms with Crippen LogP contribution in [0.4, 0.5) is 4.79 Å².